The number of sulfonamides is 1. The van der Waals surface area contributed by atoms with Crippen molar-refractivity contribution < 1.29 is 22.9 Å². The molecule has 0 bridgehead atoms. The number of nitro benzene ring substituents is 1. The van der Waals surface area contributed by atoms with Gasteiger partial charge in [0.15, 0.2) is 0 Å². The average molecular weight is 567 g/mol. The third-order valence-corrected chi connectivity index (χ3v) is 7.85. The number of non-ortho nitro benzene ring substituents is 1. The Morgan fingerprint density at radius 3 is 2.15 bits per heavy atom. The minimum atomic E-state index is -4.25. The number of nitrogens with one attached hydrogen (secondary N) is 1. The van der Waals surface area contributed by atoms with Crippen LogP contribution in [0.25, 0.3) is 0 Å². The highest BCUT2D eigenvalue weighted by Crippen LogP contribution is 2.26. The maximum absolute atomic E-state index is 13.9. The molecular weight excluding hydrogens is 532 g/mol. The van der Waals surface area contributed by atoms with Crippen molar-refractivity contribution >= 4 is 33.2 Å². The highest BCUT2D eigenvalue weighted by Gasteiger charge is 2.33. The first-order valence-electron chi connectivity index (χ1n) is 12.7. The van der Waals surface area contributed by atoms with Crippen molar-refractivity contribution in [3.05, 3.63) is 100 Å². The highest BCUT2D eigenvalue weighted by molar-refractivity contribution is 7.92. The molecule has 0 saturated heterocycles. The third-order valence-electron chi connectivity index (χ3n) is 6.06. The summed E-state index contributed by atoms with van der Waals surface area (Å²) in [5.41, 5.74) is 1.04. The molecule has 0 aliphatic carbocycles. The van der Waals surface area contributed by atoms with E-state index in [4.69, 9.17) is 0 Å². The summed E-state index contributed by atoms with van der Waals surface area (Å²) < 4.78 is 28.4. The number of rotatable bonds is 10. The number of anilines is 1. The van der Waals surface area contributed by atoms with E-state index in [9.17, 15) is 28.1 Å². The SMILES string of the molecule is Cc1cccc(CN(C(=O)CN(c2ccc([N+](=O)[O-])cc2)S(=O)(=O)c2ccccc2)[C@@H](C)C(=O)NC(C)(C)C)c1. The standard InChI is InChI=1S/C29H34N4O6S/c1-21-10-9-11-23(18-21)19-31(22(2)28(35)30-29(3,4)5)27(34)20-32(24-14-16-25(17-15-24)33(36)37)40(38,39)26-12-7-6-8-13-26/h6-18,22H,19-20H2,1-5H3,(H,30,35)/t22-/m0/s1. The van der Waals surface area contributed by atoms with Gasteiger partial charge in [-0.1, -0.05) is 48.0 Å². The lowest BCUT2D eigenvalue weighted by atomic mass is 10.1. The van der Waals surface area contributed by atoms with E-state index < -0.39 is 39.0 Å². The molecule has 0 unspecified atom stereocenters. The van der Waals surface area contributed by atoms with Crippen molar-refractivity contribution in [3.8, 4) is 0 Å². The van der Waals surface area contributed by atoms with E-state index >= 15 is 0 Å². The van der Waals surface area contributed by atoms with Crippen LogP contribution < -0.4 is 9.62 Å². The van der Waals surface area contributed by atoms with E-state index in [1.807, 2.05) is 52.0 Å². The first-order chi connectivity index (χ1) is 18.7. The monoisotopic (exact) mass is 566 g/mol. The molecule has 40 heavy (non-hydrogen) atoms. The molecule has 3 aromatic carbocycles. The fourth-order valence-corrected chi connectivity index (χ4v) is 5.49. The van der Waals surface area contributed by atoms with Gasteiger partial charge in [0.1, 0.15) is 12.6 Å². The lowest BCUT2D eigenvalue weighted by Gasteiger charge is -2.33. The number of aryl methyl sites for hydroxylation is 1. The van der Waals surface area contributed by atoms with Crippen molar-refractivity contribution in [3.63, 3.8) is 0 Å². The Balaban J connectivity index is 2.05. The zero-order valence-corrected chi connectivity index (χ0v) is 24.0. The number of carbonyl (C=O) groups excluding carboxylic acids is 2. The summed E-state index contributed by atoms with van der Waals surface area (Å²) in [4.78, 5) is 38.9. The lowest BCUT2D eigenvalue weighted by molar-refractivity contribution is -0.384. The van der Waals surface area contributed by atoms with Gasteiger partial charge in [-0.3, -0.25) is 24.0 Å². The van der Waals surface area contributed by atoms with Crippen LogP contribution in [-0.2, 0) is 26.2 Å². The quantitative estimate of drug-likeness (QED) is 0.285. The first kappa shape index (κ1) is 30.3. The van der Waals surface area contributed by atoms with Crippen LogP contribution in [-0.4, -0.2) is 48.2 Å². The Bertz CT molecular complexity index is 1470. The van der Waals surface area contributed by atoms with Crippen LogP contribution in [0.4, 0.5) is 11.4 Å². The van der Waals surface area contributed by atoms with Gasteiger partial charge in [-0.05, 0) is 64.4 Å². The third kappa shape index (κ3) is 7.66. The Morgan fingerprint density at radius 1 is 0.975 bits per heavy atom. The molecule has 11 heteroatoms. The van der Waals surface area contributed by atoms with E-state index in [1.165, 1.54) is 41.3 Å². The normalized spacial score (nSPS) is 12.3. The van der Waals surface area contributed by atoms with E-state index in [1.54, 1.807) is 25.1 Å². The summed E-state index contributed by atoms with van der Waals surface area (Å²) in [5, 5.41) is 14.1. The van der Waals surface area contributed by atoms with Gasteiger partial charge in [0.25, 0.3) is 15.7 Å². The molecule has 0 saturated carbocycles. The van der Waals surface area contributed by atoms with Crippen molar-refractivity contribution in [2.75, 3.05) is 10.8 Å². The molecule has 212 valence electrons. The van der Waals surface area contributed by atoms with Gasteiger partial charge < -0.3 is 10.2 Å². The van der Waals surface area contributed by atoms with Gasteiger partial charge >= 0.3 is 0 Å². The number of nitrogens with zero attached hydrogens (tertiary/aromatic N) is 3. The van der Waals surface area contributed by atoms with Gasteiger partial charge in [0, 0.05) is 24.2 Å². The zero-order valence-electron chi connectivity index (χ0n) is 23.2. The largest absolute Gasteiger partial charge is 0.350 e. The second-order valence-electron chi connectivity index (χ2n) is 10.5. The fraction of sp³-hybridized carbons (Fsp3) is 0.310. The Morgan fingerprint density at radius 2 is 1.60 bits per heavy atom. The number of hydrogen-bond donors (Lipinski definition) is 1. The van der Waals surface area contributed by atoms with E-state index in [2.05, 4.69) is 5.32 Å². The lowest BCUT2D eigenvalue weighted by Crippen LogP contribution is -2.54. The van der Waals surface area contributed by atoms with Crippen molar-refractivity contribution in [2.24, 2.45) is 0 Å². The van der Waals surface area contributed by atoms with E-state index in [-0.39, 0.29) is 28.7 Å². The topological polar surface area (TPSA) is 130 Å². The number of carbonyl (C=O) groups is 2. The minimum Gasteiger partial charge on any atom is -0.350 e. The Labute approximate surface area is 234 Å². The molecule has 0 aromatic heterocycles. The number of amides is 2. The molecular formula is C29H34N4O6S. The maximum atomic E-state index is 13.9. The van der Waals surface area contributed by atoms with Crippen molar-refractivity contribution in [1.29, 1.82) is 0 Å². The number of nitro groups is 1. The number of hydrogen-bond acceptors (Lipinski definition) is 6. The molecule has 0 fully saturated rings. The molecule has 1 atom stereocenters. The molecule has 3 aromatic rings. The average Bonchev–Trinajstić information content (AvgIpc) is 2.89. The van der Waals surface area contributed by atoms with Crippen LogP contribution in [0.15, 0.2) is 83.8 Å². The van der Waals surface area contributed by atoms with Crippen LogP contribution in [0.2, 0.25) is 0 Å². The van der Waals surface area contributed by atoms with Gasteiger partial charge in [-0.15, -0.1) is 0 Å². The highest BCUT2D eigenvalue weighted by atomic mass is 32.2. The van der Waals surface area contributed by atoms with Gasteiger partial charge in [-0.25, -0.2) is 8.42 Å². The second kappa shape index (κ2) is 12.3. The van der Waals surface area contributed by atoms with Gasteiger partial charge in [0.05, 0.1) is 15.5 Å². The molecule has 0 radical (unpaired) electrons. The predicted molar refractivity (Wildman–Crippen MR) is 153 cm³/mol. The van der Waals surface area contributed by atoms with Crippen LogP contribution in [0.5, 0.6) is 0 Å². The van der Waals surface area contributed by atoms with E-state index in [0.29, 0.717) is 0 Å². The summed E-state index contributed by atoms with van der Waals surface area (Å²) >= 11 is 0. The minimum absolute atomic E-state index is 0.0510. The van der Waals surface area contributed by atoms with E-state index in [0.717, 1.165) is 15.4 Å². The smallest absolute Gasteiger partial charge is 0.269 e. The molecule has 2 amide bonds. The summed E-state index contributed by atoms with van der Waals surface area (Å²) in [5.74, 6) is -1.00. The second-order valence-corrected chi connectivity index (χ2v) is 12.4. The maximum Gasteiger partial charge on any atom is 0.269 e. The molecule has 3 rings (SSSR count). The zero-order chi connectivity index (χ0) is 29.7. The Kier molecular flexibility index (Phi) is 9.31. The van der Waals surface area contributed by atoms with Gasteiger partial charge in [0.2, 0.25) is 11.8 Å². The summed E-state index contributed by atoms with van der Waals surface area (Å²) in [7, 11) is -4.25. The van der Waals surface area contributed by atoms with Crippen LogP contribution >= 0.6 is 0 Å². The van der Waals surface area contributed by atoms with Gasteiger partial charge in [-0.2, -0.15) is 0 Å². The number of benzene rings is 3. The summed E-state index contributed by atoms with van der Waals surface area (Å²) in [6, 6.07) is 19.1. The predicted octanol–water partition coefficient (Wildman–Crippen LogP) is 4.43. The van der Waals surface area contributed by atoms with Crippen molar-refractivity contribution in [1.82, 2.24) is 10.2 Å². The molecule has 0 heterocycles. The van der Waals surface area contributed by atoms with Crippen LogP contribution in [0, 0.1) is 17.0 Å². The van der Waals surface area contributed by atoms with Crippen LogP contribution in [0.1, 0.15) is 38.8 Å². The summed E-state index contributed by atoms with van der Waals surface area (Å²) in [6.45, 7) is 8.42. The van der Waals surface area contributed by atoms with Crippen LogP contribution in [0.3, 0.4) is 0 Å². The molecule has 1 N–H and O–H groups in total. The molecule has 0 spiro atoms. The van der Waals surface area contributed by atoms with Crippen molar-refractivity contribution in [2.45, 2.75) is 57.6 Å². The molecule has 0 aliphatic heterocycles. The fourth-order valence-electron chi connectivity index (χ4n) is 4.05. The first-order valence-corrected chi connectivity index (χ1v) is 14.1. The Hall–Kier alpha value is -4.25. The summed E-state index contributed by atoms with van der Waals surface area (Å²) in [6.07, 6.45) is 0. The molecule has 0 aliphatic rings. The molecule has 10 nitrogen and oxygen atoms in total.